The maximum Gasteiger partial charge on any atom is 0.417 e. The summed E-state index contributed by atoms with van der Waals surface area (Å²) in [6.45, 7) is 1.78. The lowest BCUT2D eigenvalue weighted by molar-refractivity contribution is -0.138. The van der Waals surface area contributed by atoms with E-state index in [1.807, 2.05) is 48.5 Å². The minimum absolute atomic E-state index is 0.00498. The lowest BCUT2D eigenvalue weighted by atomic mass is 9.97. The molecular weight excluding hydrogens is 651 g/mol. The highest BCUT2D eigenvalue weighted by Gasteiger charge is 2.36. The molecule has 0 spiro atoms. The predicted octanol–water partition coefficient (Wildman–Crippen LogP) is 5.73. The Balaban J connectivity index is 1.39. The van der Waals surface area contributed by atoms with E-state index >= 15 is 0 Å². The summed E-state index contributed by atoms with van der Waals surface area (Å²) in [5, 5.41) is 13.0. The van der Waals surface area contributed by atoms with Crippen molar-refractivity contribution in [3.05, 3.63) is 121 Å². The van der Waals surface area contributed by atoms with Crippen LogP contribution in [0.2, 0.25) is 0 Å². The molecule has 4 heterocycles. The van der Waals surface area contributed by atoms with Crippen LogP contribution in [0.15, 0.2) is 82.2 Å². The van der Waals surface area contributed by atoms with Crippen molar-refractivity contribution in [2.75, 3.05) is 0 Å². The average molecular weight is 676 g/mol. The molecule has 228 valence electrons. The molecule has 1 unspecified atom stereocenters. The quantitative estimate of drug-likeness (QED) is 0.238. The number of fused-ring (bicyclic) bond motifs is 4. The zero-order valence-corrected chi connectivity index (χ0v) is 25.7. The van der Waals surface area contributed by atoms with Crippen LogP contribution in [0.1, 0.15) is 45.2 Å². The predicted molar refractivity (Wildman–Crippen MR) is 164 cm³/mol. The van der Waals surface area contributed by atoms with Crippen LogP contribution in [-0.4, -0.2) is 46.0 Å². The van der Waals surface area contributed by atoms with Gasteiger partial charge in [0.1, 0.15) is 11.2 Å². The molecule has 1 aliphatic rings. The number of amides is 1. The highest BCUT2D eigenvalue weighted by molar-refractivity contribution is 9.10. The summed E-state index contributed by atoms with van der Waals surface area (Å²) in [4.78, 5) is 29.6. The summed E-state index contributed by atoms with van der Waals surface area (Å²) in [5.74, 6) is -0.562. The largest absolute Gasteiger partial charge is 0.417 e. The van der Waals surface area contributed by atoms with E-state index in [1.165, 1.54) is 17.0 Å². The second-order valence-corrected chi connectivity index (χ2v) is 12.1. The van der Waals surface area contributed by atoms with Crippen LogP contribution in [0.5, 0.6) is 0 Å². The number of halogens is 4. The van der Waals surface area contributed by atoms with Gasteiger partial charge in [-0.2, -0.15) is 18.3 Å². The fourth-order valence-corrected chi connectivity index (χ4v) is 6.52. The summed E-state index contributed by atoms with van der Waals surface area (Å²) in [6.07, 6.45) is -2.23. The van der Waals surface area contributed by atoms with E-state index in [0.29, 0.717) is 34.5 Å². The summed E-state index contributed by atoms with van der Waals surface area (Å²) in [7, 11) is 1.79. The van der Waals surface area contributed by atoms with Crippen molar-refractivity contribution in [2.45, 2.75) is 38.5 Å². The van der Waals surface area contributed by atoms with Crippen LogP contribution < -0.4 is 5.56 Å². The van der Waals surface area contributed by atoms with Gasteiger partial charge in [-0.25, -0.2) is 9.20 Å². The molecule has 3 aromatic carbocycles. The van der Waals surface area contributed by atoms with Crippen molar-refractivity contribution in [3.8, 4) is 5.69 Å². The third-order valence-electron chi connectivity index (χ3n) is 8.32. The fraction of sp³-hybridized carbons (Fsp3) is 0.219. The second-order valence-electron chi connectivity index (χ2n) is 11.2. The number of rotatable bonds is 4. The molecule has 9 nitrogen and oxygen atoms in total. The third kappa shape index (κ3) is 4.91. The summed E-state index contributed by atoms with van der Waals surface area (Å²) in [5.41, 5.74) is 4.11. The summed E-state index contributed by atoms with van der Waals surface area (Å²) < 4.78 is 45.7. The number of hydrogen-bond donors (Lipinski definition) is 0. The van der Waals surface area contributed by atoms with Crippen LogP contribution in [0.25, 0.3) is 22.4 Å². The minimum atomic E-state index is -4.63. The number of carbonyl (C=O) groups excluding carboxylic acids is 1. The van der Waals surface area contributed by atoms with Crippen LogP contribution in [0, 0.1) is 0 Å². The van der Waals surface area contributed by atoms with Crippen LogP contribution in [-0.2, 0) is 32.6 Å². The van der Waals surface area contributed by atoms with Gasteiger partial charge < -0.3 is 4.90 Å². The molecule has 0 N–H and O–H groups in total. The molecule has 45 heavy (non-hydrogen) atoms. The molecule has 6 aromatic rings. The van der Waals surface area contributed by atoms with Crippen molar-refractivity contribution in [3.63, 3.8) is 0 Å². The smallest absolute Gasteiger partial charge is 0.330 e. The normalized spacial score (nSPS) is 15.2. The van der Waals surface area contributed by atoms with Gasteiger partial charge in [0, 0.05) is 40.7 Å². The maximum atomic E-state index is 14.4. The standard InChI is InChI=1S/C32H25BrF3N7O2/c1-18-12-23-28(17-41(18)30(44)20-8-10-25(33)24(14-20)32(34,35)36)43-29(21(16-37-43)13-19-6-4-3-5-7-19)42(31(23)45)22-9-11-27-26(15-22)38-39-40(27)2/h3-11,14-16,18H,12-13,17H2,1-2H3. The van der Waals surface area contributed by atoms with E-state index in [4.69, 9.17) is 5.10 Å². The molecule has 0 fully saturated rings. The topological polar surface area (TPSA) is 90.3 Å². The molecule has 1 atom stereocenters. The Hall–Kier alpha value is -4.78. The number of nitrogens with zero attached hydrogens (tertiary/aromatic N) is 7. The molecule has 3 aromatic heterocycles. The van der Waals surface area contributed by atoms with Gasteiger partial charge in [-0.15, -0.1) is 5.10 Å². The number of aryl methyl sites for hydroxylation is 1. The molecule has 0 radical (unpaired) electrons. The number of alkyl halides is 3. The first-order valence-electron chi connectivity index (χ1n) is 14.2. The van der Waals surface area contributed by atoms with E-state index in [0.717, 1.165) is 22.7 Å². The van der Waals surface area contributed by atoms with Gasteiger partial charge in [0.25, 0.3) is 11.5 Å². The minimum Gasteiger partial charge on any atom is -0.330 e. The molecule has 0 aliphatic carbocycles. The number of benzene rings is 3. The van der Waals surface area contributed by atoms with Gasteiger partial charge in [-0.05, 0) is 55.3 Å². The number of aromatic nitrogens is 6. The lowest BCUT2D eigenvalue weighted by Gasteiger charge is -2.35. The van der Waals surface area contributed by atoms with Crippen molar-refractivity contribution in [1.29, 1.82) is 0 Å². The monoisotopic (exact) mass is 675 g/mol. The first kappa shape index (κ1) is 29.0. The Morgan fingerprint density at radius 2 is 1.84 bits per heavy atom. The average Bonchev–Trinajstić information content (AvgIpc) is 3.60. The third-order valence-corrected chi connectivity index (χ3v) is 9.01. The first-order valence-corrected chi connectivity index (χ1v) is 15.0. The SMILES string of the molecule is CC1Cc2c(n3ncc(Cc4ccccc4)c3n(-c3ccc4c(c3)nnn4C)c2=O)CN1C(=O)c1ccc(Br)c(C(F)(F)F)c1. The zero-order valence-electron chi connectivity index (χ0n) is 24.1. The van der Waals surface area contributed by atoms with Crippen LogP contribution in [0.4, 0.5) is 13.2 Å². The van der Waals surface area contributed by atoms with Gasteiger partial charge in [0.2, 0.25) is 0 Å². The summed E-state index contributed by atoms with van der Waals surface area (Å²) >= 11 is 2.94. The molecule has 0 saturated carbocycles. The second kappa shape index (κ2) is 10.7. The Morgan fingerprint density at radius 1 is 1.07 bits per heavy atom. The molecule has 1 amide bonds. The molecule has 13 heteroatoms. The van der Waals surface area contributed by atoms with E-state index in [9.17, 15) is 22.8 Å². The first-order chi connectivity index (χ1) is 21.5. The van der Waals surface area contributed by atoms with Crippen molar-refractivity contribution in [2.24, 2.45) is 7.05 Å². The van der Waals surface area contributed by atoms with E-state index in [-0.39, 0.29) is 28.6 Å². The van der Waals surface area contributed by atoms with Gasteiger partial charge in [0.05, 0.1) is 35.2 Å². The summed E-state index contributed by atoms with van der Waals surface area (Å²) in [6, 6.07) is 18.3. The highest BCUT2D eigenvalue weighted by atomic mass is 79.9. The van der Waals surface area contributed by atoms with Gasteiger partial charge in [0.15, 0.2) is 0 Å². The van der Waals surface area contributed by atoms with Gasteiger partial charge >= 0.3 is 6.18 Å². The highest BCUT2D eigenvalue weighted by Crippen LogP contribution is 2.36. The number of hydrogen-bond acceptors (Lipinski definition) is 5. The van der Waals surface area contributed by atoms with E-state index in [2.05, 4.69) is 26.2 Å². The molecule has 1 aliphatic heterocycles. The lowest BCUT2D eigenvalue weighted by Crippen LogP contribution is -2.46. The van der Waals surface area contributed by atoms with Gasteiger partial charge in [-0.3, -0.25) is 14.2 Å². The Labute approximate surface area is 262 Å². The Morgan fingerprint density at radius 3 is 2.60 bits per heavy atom. The maximum absolute atomic E-state index is 14.4. The van der Waals surface area contributed by atoms with Gasteiger partial charge in [-0.1, -0.05) is 51.5 Å². The van der Waals surface area contributed by atoms with Crippen molar-refractivity contribution < 1.29 is 18.0 Å². The number of carbonyl (C=O) groups is 1. The van der Waals surface area contributed by atoms with Crippen molar-refractivity contribution >= 4 is 38.5 Å². The fourth-order valence-electron chi connectivity index (χ4n) is 6.05. The molecular formula is C32H25BrF3N7O2. The van der Waals surface area contributed by atoms with E-state index < -0.39 is 23.7 Å². The van der Waals surface area contributed by atoms with Crippen LogP contribution in [0.3, 0.4) is 0 Å². The van der Waals surface area contributed by atoms with Crippen molar-refractivity contribution in [1.82, 2.24) is 34.1 Å². The molecule has 0 bridgehead atoms. The Kier molecular flexibility index (Phi) is 6.88. The molecule has 7 rings (SSSR count). The van der Waals surface area contributed by atoms with E-state index in [1.54, 1.807) is 33.9 Å². The Bertz CT molecular complexity index is 2190. The molecule has 0 saturated heterocycles. The zero-order chi connectivity index (χ0) is 31.6. The van der Waals surface area contributed by atoms with Crippen LogP contribution >= 0.6 is 15.9 Å².